The normalized spacial score (nSPS) is 21.5. The van der Waals surface area contributed by atoms with E-state index in [1.165, 1.54) is 0 Å². The molecule has 0 aromatic rings. The van der Waals surface area contributed by atoms with Crippen molar-refractivity contribution in [2.24, 2.45) is 11.8 Å². The van der Waals surface area contributed by atoms with E-state index in [0.29, 0.717) is 12.1 Å². The lowest BCUT2D eigenvalue weighted by atomic mass is 10.1. The molecule has 0 spiro atoms. The molecule has 0 radical (unpaired) electrons. The van der Waals surface area contributed by atoms with Crippen LogP contribution in [0.5, 0.6) is 0 Å². The van der Waals surface area contributed by atoms with Gasteiger partial charge in [-0.2, -0.15) is 0 Å². The van der Waals surface area contributed by atoms with Crippen molar-refractivity contribution in [3.63, 3.8) is 0 Å². The molecular formula is C23H36F2N4O3. The summed E-state index contributed by atoms with van der Waals surface area (Å²) in [7, 11) is 4.63. The van der Waals surface area contributed by atoms with Gasteiger partial charge in [0.1, 0.15) is 11.8 Å². The molecule has 0 aromatic heterocycles. The minimum absolute atomic E-state index is 0.396. The molecule has 0 bridgehead atoms. The average Bonchev–Trinajstić information content (AvgIpc) is 3.34. The van der Waals surface area contributed by atoms with Gasteiger partial charge in [-0.1, -0.05) is 32.4 Å². The fourth-order valence-electron chi connectivity index (χ4n) is 3.43. The summed E-state index contributed by atoms with van der Waals surface area (Å²) in [4.78, 5) is 24.1. The van der Waals surface area contributed by atoms with Crippen molar-refractivity contribution in [2.75, 3.05) is 21.2 Å². The number of hydrazine groups is 1. The van der Waals surface area contributed by atoms with Crippen molar-refractivity contribution in [1.29, 1.82) is 0 Å². The van der Waals surface area contributed by atoms with Gasteiger partial charge in [0.25, 0.3) is 5.92 Å². The zero-order valence-corrected chi connectivity index (χ0v) is 20.0. The van der Waals surface area contributed by atoms with Crippen LogP contribution in [-0.2, 0) is 14.3 Å². The highest BCUT2D eigenvalue weighted by Crippen LogP contribution is 2.56. The van der Waals surface area contributed by atoms with Crippen LogP contribution in [-0.4, -0.2) is 39.0 Å². The molecule has 2 unspecified atom stereocenters. The molecule has 2 atom stereocenters. The molecule has 32 heavy (non-hydrogen) atoms. The van der Waals surface area contributed by atoms with Gasteiger partial charge in [-0.25, -0.2) is 14.2 Å². The van der Waals surface area contributed by atoms with Gasteiger partial charge >= 0.3 is 5.97 Å². The summed E-state index contributed by atoms with van der Waals surface area (Å²) >= 11 is 0. The molecule has 1 aliphatic rings. The summed E-state index contributed by atoms with van der Waals surface area (Å²) in [5.74, 6) is -8.88. The summed E-state index contributed by atoms with van der Waals surface area (Å²) in [5, 5.41) is 5.77. The van der Waals surface area contributed by atoms with E-state index < -0.39 is 29.6 Å². The van der Waals surface area contributed by atoms with E-state index in [9.17, 15) is 18.4 Å². The van der Waals surface area contributed by atoms with Crippen molar-refractivity contribution in [3.8, 4) is 0 Å². The number of allylic oxidation sites excluding steroid dienone is 6. The zero-order valence-electron chi connectivity index (χ0n) is 20.0. The maximum atomic E-state index is 14.0. The van der Waals surface area contributed by atoms with E-state index in [4.69, 9.17) is 0 Å². The van der Waals surface area contributed by atoms with Crippen molar-refractivity contribution in [2.45, 2.75) is 52.9 Å². The molecule has 0 saturated heterocycles. The third kappa shape index (κ3) is 6.66. The first-order chi connectivity index (χ1) is 15.1. The van der Waals surface area contributed by atoms with E-state index in [0.717, 1.165) is 42.5 Å². The quantitative estimate of drug-likeness (QED) is 0.206. The Labute approximate surface area is 189 Å². The average molecular weight is 455 g/mol. The molecule has 180 valence electrons. The molecule has 0 aromatic carbocycles. The number of ether oxygens (including phenoxy) is 1. The van der Waals surface area contributed by atoms with Crippen LogP contribution >= 0.6 is 0 Å². The number of carbonyl (C=O) groups excluding carboxylic acids is 2. The second-order valence-electron chi connectivity index (χ2n) is 7.60. The molecule has 1 fully saturated rings. The van der Waals surface area contributed by atoms with Crippen molar-refractivity contribution >= 4 is 11.9 Å². The van der Waals surface area contributed by atoms with Crippen LogP contribution in [0.2, 0.25) is 0 Å². The largest absolute Gasteiger partial charge is 0.469 e. The van der Waals surface area contributed by atoms with Crippen LogP contribution in [0.15, 0.2) is 46.5 Å². The highest BCUT2D eigenvalue weighted by Gasteiger charge is 2.76. The van der Waals surface area contributed by atoms with Gasteiger partial charge in [-0.05, 0) is 43.9 Å². The topological polar surface area (TPSA) is 91.5 Å². The molecule has 1 rings (SSSR count). The fourth-order valence-corrected chi connectivity index (χ4v) is 3.43. The molecule has 1 amide bonds. The van der Waals surface area contributed by atoms with E-state index in [2.05, 4.69) is 33.1 Å². The van der Waals surface area contributed by atoms with Gasteiger partial charge in [0.2, 0.25) is 5.91 Å². The molecule has 1 saturated carbocycles. The Morgan fingerprint density at radius 2 is 1.72 bits per heavy atom. The van der Waals surface area contributed by atoms with Crippen LogP contribution in [0.1, 0.15) is 47.0 Å². The summed E-state index contributed by atoms with van der Waals surface area (Å²) in [6, 6.07) is 0. The summed E-state index contributed by atoms with van der Waals surface area (Å²) in [6.45, 7) is 7.72. The van der Waals surface area contributed by atoms with Crippen LogP contribution in [0, 0.1) is 11.8 Å². The fraction of sp³-hybridized carbons (Fsp3) is 0.565. The molecule has 1 aliphatic carbocycles. The first-order valence-electron chi connectivity index (χ1n) is 10.8. The lowest BCUT2D eigenvalue weighted by Gasteiger charge is -2.17. The molecule has 7 nitrogen and oxygen atoms in total. The zero-order chi connectivity index (χ0) is 24.5. The third-order valence-electron chi connectivity index (χ3n) is 5.23. The number of carbonyl (C=O) groups is 2. The minimum Gasteiger partial charge on any atom is -0.469 e. The number of esters is 1. The van der Waals surface area contributed by atoms with Gasteiger partial charge in [0.15, 0.2) is 0 Å². The van der Waals surface area contributed by atoms with Gasteiger partial charge in [-0.3, -0.25) is 9.59 Å². The number of hydrogen-bond donors (Lipinski definition) is 4. The second-order valence-corrected chi connectivity index (χ2v) is 7.60. The first-order valence-corrected chi connectivity index (χ1v) is 10.8. The SMILES string of the molecule is CC/C=C(C)/C(=C\C=C(C)\C(NNC)=C(\CCC)NC)NC(=O)C1C(C(=O)OC)C1(F)F. The second kappa shape index (κ2) is 12.4. The molecule has 0 aliphatic heterocycles. The Balaban J connectivity index is 3.25. The highest BCUT2D eigenvalue weighted by atomic mass is 19.3. The summed E-state index contributed by atoms with van der Waals surface area (Å²) in [5.41, 5.74) is 9.91. The molecule has 9 heteroatoms. The predicted molar refractivity (Wildman–Crippen MR) is 121 cm³/mol. The predicted octanol–water partition coefficient (Wildman–Crippen LogP) is 3.30. The maximum absolute atomic E-state index is 14.0. The Morgan fingerprint density at radius 1 is 1.06 bits per heavy atom. The van der Waals surface area contributed by atoms with Crippen molar-refractivity contribution in [1.82, 2.24) is 21.5 Å². The number of hydrogen-bond acceptors (Lipinski definition) is 6. The van der Waals surface area contributed by atoms with Gasteiger partial charge < -0.3 is 20.8 Å². The standard InChI is InChI=1S/C23H36F2N4O3/c1-8-10-14(3)16(28-21(30)18-19(22(31)32-7)23(18,24)25)13-12-15(4)20(29-27-6)17(26-5)11-9-2/h10,12-13,18-19,26-27,29H,8-9,11H2,1-7H3,(H,28,30)/b14-10+,15-12+,16-13+,20-17+. The lowest BCUT2D eigenvalue weighted by molar-refractivity contribution is -0.145. The van der Waals surface area contributed by atoms with Crippen LogP contribution in [0.3, 0.4) is 0 Å². The van der Waals surface area contributed by atoms with Crippen LogP contribution in [0.4, 0.5) is 8.78 Å². The van der Waals surface area contributed by atoms with Crippen molar-refractivity contribution < 1.29 is 23.1 Å². The third-order valence-corrected chi connectivity index (χ3v) is 5.23. The summed E-state index contributed by atoms with van der Waals surface area (Å²) in [6.07, 6.45) is 7.86. The highest BCUT2D eigenvalue weighted by molar-refractivity contribution is 5.94. The summed E-state index contributed by atoms with van der Waals surface area (Å²) < 4.78 is 32.4. The first kappa shape index (κ1) is 27.4. The molecular weight excluding hydrogens is 418 g/mol. The number of nitrogens with one attached hydrogen (secondary N) is 4. The van der Waals surface area contributed by atoms with Gasteiger partial charge in [-0.15, -0.1) is 0 Å². The molecule has 4 N–H and O–H groups in total. The minimum atomic E-state index is -3.41. The van der Waals surface area contributed by atoms with Gasteiger partial charge in [0.05, 0.1) is 12.8 Å². The number of methoxy groups -OCH3 is 1. The Morgan fingerprint density at radius 3 is 2.22 bits per heavy atom. The number of amides is 1. The van der Waals surface area contributed by atoms with E-state index in [1.807, 2.05) is 27.0 Å². The van der Waals surface area contributed by atoms with E-state index in [1.54, 1.807) is 26.1 Å². The maximum Gasteiger partial charge on any atom is 0.315 e. The smallest absolute Gasteiger partial charge is 0.315 e. The van der Waals surface area contributed by atoms with E-state index >= 15 is 0 Å². The van der Waals surface area contributed by atoms with Crippen LogP contribution in [0.25, 0.3) is 0 Å². The van der Waals surface area contributed by atoms with Crippen molar-refractivity contribution in [3.05, 3.63) is 46.5 Å². The Hall–Kier alpha value is -2.68. The van der Waals surface area contributed by atoms with Gasteiger partial charge in [0, 0.05) is 25.5 Å². The Kier molecular flexibility index (Phi) is 10.6. The molecule has 0 heterocycles. The Bertz CT molecular complexity index is 816. The number of alkyl halides is 2. The number of halogens is 2. The lowest BCUT2D eigenvalue weighted by Crippen LogP contribution is -2.30. The monoisotopic (exact) mass is 454 g/mol. The van der Waals surface area contributed by atoms with Crippen LogP contribution < -0.4 is 21.5 Å². The van der Waals surface area contributed by atoms with E-state index in [-0.39, 0.29) is 0 Å². The number of rotatable bonds is 12.